The zero-order valence-electron chi connectivity index (χ0n) is 14.2. The van der Waals surface area contributed by atoms with Crippen LogP contribution < -0.4 is 10.6 Å². The minimum absolute atomic E-state index is 0.147. The van der Waals surface area contributed by atoms with Crippen LogP contribution in [0, 0.1) is 12.7 Å². The Bertz CT molecular complexity index is 940. The molecule has 0 saturated heterocycles. The molecule has 0 bridgehead atoms. The van der Waals surface area contributed by atoms with Crippen LogP contribution in [0.4, 0.5) is 10.1 Å². The lowest BCUT2D eigenvalue weighted by Crippen LogP contribution is -2.24. The van der Waals surface area contributed by atoms with Crippen LogP contribution in [0.25, 0.3) is 0 Å². The van der Waals surface area contributed by atoms with E-state index in [1.54, 1.807) is 6.07 Å². The number of anilines is 1. The van der Waals surface area contributed by atoms with Crippen molar-refractivity contribution in [2.45, 2.75) is 17.8 Å². The molecule has 2 N–H and O–H groups in total. The summed E-state index contributed by atoms with van der Waals surface area (Å²) in [5, 5.41) is 13.2. The average Bonchev–Trinajstić information content (AvgIpc) is 3.29. The van der Waals surface area contributed by atoms with Crippen molar-refractivity contribution in [3.8, 4) is 0 Å². The van der Waals surface area contributed by atoms with E-state index in [4.69, 9.17) is 4.42 Å². The standard InChI is InChI=1S/C17H15FN4O3S2/c1-10-2-7-13(25-10)8-19-14(23)9-26-17-22-21-16(27-17)15(24)20-12-5-3-11(18)4-6-12/h2-7H,8-9H2,1H3,(H,19,23)(H,20,24). The monoisotopic (exact) mass is 406 g/mol. The van der Waals surface area contributed by atoms with Crippen LogP contribution in [0.1, 0.15) is 21.3 Å². The second kappa shape index (κ2) is 8.78. The van der Waals surface area contributed by atoms with Gasteiger partial charge in [0.25, 0.3) is 5.91 Å². The van der Waals surface area contributed by atoms with E-state index in [0.29, 0.717) is 22.3 Å². The molecule has 3 aromatic rings. The molecule has 0 unspecified atom stereocenters. The number of halogens is 1. The van der Waals surface area contributed by atoms with Crippen molar-refractivity contribution < 1.29 is 18.4 Å². The third kappa shape index (κ3) is 5.63. The average molecular weight is 406 g/mol. The van der Waals surface area contributed by atoms with Gasteiger partial charge in [0.1, 0.15) is 17.3 Å². The molecule has 0 fully saturated rings. The van der Waals surface area contributed by atoms with Gasteiger partial charge in [0.2, 0.25) is 10.9 Å². The van der Waals surface area contributed by atoms with Gasteiger partial charge in [-0.3, -0.25) is 9.59 Å². The molecular formula is C17H15FN4O3S2. The maximum atomic E-state index is 12.9. The molecule has 0 aliphatic rings. The maximum absolute atomic E-state index is 12.9. The number of amides is 2. The highest BCUT2D eigenvalue weighted by Gasteiger charge is 2.14. The van der Waals surface area contributed by atoms with Crippen LogP contribution in [0.15, 0.2) is 45.2 Å². The van der Waals surface area contributed by atoms with E-state index in [1.807, 2.05) is 13.0 Å². The van der Waals surface area contributed by atoms with Gasteiger partial charge in [-0.25, -0.2) is 4.39 Å². The lowest BCUT2D eigenvalue weighted by Gasteiger charge is -2.02. The molecule has 2 heterocycles. The molecule has 2 amide bonds. The third-order valence-electron chi connectivity index (χ3n) is 3.29. The fourth-order valence-electron chi connectivity index (χ4n) is 2.02. The smallest absolute Gasteiger partial charge is 0.286 e. The zero-order valence-corrected chi connectivity index (χ0v) is 15.8. The molecule has 0 spiro atoms. The van der Waals surface area contributed by atoms with Crippen LogP contribution in [0.5, 0.6) is 0 Å². The van der Waals surface area contributed by atoms with E-state index in [2.05, 4.69) is 20.8 Å². The van der Waals surface area contributed by atoms with E-state index in [1.165, 1.54) is 36.0 Å². The second-order valence-corrected chi connectivity index (χ2v) is 7.61. The molecule has 1 aromatic carbocycles. The Morgan fingerprint density at radius 2 is 1.96 bits per heavy atom. The van der Waals surface area contributed by atoms with Gasteiger partial charge < -0.3 is 15.1 Å². The van der Waals surface area contributed by atoms with Crippen molar-refractivity contribution in [3.63, 3.8) is 0 Å². The van der Waals surface area contributed by atoms with Crippen molar-refractivity contribution in [2.24, 2.45) is 0 Å². The summed E-state index contributed by atoms with van der Waals surface area (Å²) in [6, 6.07) is 9.04. The van der Waals surface area contributed by atoms with Gasteiger partial charge in [-0.2, -0.15) is 0 Å². The molecule has 0 saturated carbocycles. The Morgan fingerprint density at radius 1 is 1.19 bits per heavy atom. The Kier molecular flexibility index (Phi) is 6.20. The predicted octanol–water partition coefficient (Wildman–Crippen LogP) is 3.24. The Labute approximate surface area is 162 Å². The first kappa shape index (κ1) is 19.1. The maximum Gasteiger partial charge on any atom is 0.286 e. The van der Waals surface area contributed by atoms with Gasteiger partial charge in [0.05, 0.1) is 12.3 Å². The van der Waals surface area contributed by atoms with Crippen LogP contribution in [-0.4, -0.2) is 27.8 Å². The Balaban J connectivity index is 1.46. The third-order valence-corrected chi connectivity index (χ3v) is 5.34. The van der Waals surface area contributed by atoms with Crippen LogP contribution in [0.3, 0.4) is 0 Å². The highest BCUT2D eigenvalue weighted by Crippen LogP contribution is 2.23. The van der Waals surface area contributed by atoms with Crippen LogP contribution in [0.2, 0.25) is 0 Å². The van der Waals surface area contributed by atoms with E-state index >= 15 is 0 Å². The number of aryl methyl sites for hydroxylation is 1. The van der Waals surface area contributed by atoms with Crippen molar-refractivity contribution in [3.05, 3.63) is 58.7 Å². The summed E-state index contributed by atoms with van der Waals surface area (Å²) in [5.41, 5.74) is 0.457. The van der Waals surface area contributed by atoms with Gasteiger partial charge in [0, 0.05) is 5.69 Å². The minimum Gasteiger partial charge on any atom is -0.465 e. The van der Waals surface area contributed by atoms with E-state index in [9.17, 15) is 14.0 Å². The molecule has 0 aliphatic carbocycles. The van der Waals surface area contributed by atoms with E-state index < -0.39 is 5.91 Å². The van der Waals surface area contributed by atoms with Crippen LogP contribution >= 0.6 is 23.1 Å². The fourth-order valence-corrected chi connectivity index (χ4v) is 3.60. The number of hydrogen-bond acceptors (Lipinski definition) is 7. The zero-order chi connectivity index (χ0) is 19.2. The van der Waals surface area contributed by atoms with Gasteiger partial charge >= 0.3 is 0 Å². The quantitative estimate of drug-likeness (QED) is 0.585. The number of thioether (sulfide) groups is 1. The number of furan rings is 1. The van der Waals surface area contributed by atoms with Crippen molar-refractivity contribution in [1.29, 1.82) is 0 Å². The number of nitrogens with one attached hydrogen (secondary N) is 2. The summed E-state index contributed by atoms with van der Waals surface area (Å²) in [5.74, 6) is 0.608. The lowest BCUT2D eigenvalue weighted by atomic mass is 10.3. The minimum atomic E-state index is -0.441. The van der Waals surface area contributed by atoms with Gasteiger partial charge in [0.15, 0.2) is 4.34 Å². The summed E-state index contributed by atoms with van der Waals surface area (Å²) in [4.78, 5) is 24.0. The molecule has 7 nitrogen and oxygen atoms in total. The summed E-state index contributed by atoms with van der Waals surface area (Å²) >= 11 is 2.27. The molecule has 0 atom stereocenters. The molecular weight excluding hydrogens is 391 g/mol. The van der Waals surface area contributed by atoms with E-state index in [-0.39, 0.29) is 22.5 Å². The van der Waals surface area contributed by atoms with Crippen molar-refractivity contribution >= 4 is 40.6 Å². The topological polar surface area (TPSA) is 97.1 Å². The molecule has 0 radical (unpaired) electrons. The predicted molar refractivity (Wildman–Crippen MR) is 100 cm³/mol. The highest BCUT2D eigenvalue weighted by molar-refractivity contribution is 8.01. The SMILES string of the molecule is Cc1ccc(CNC(=O)CSc2nnc(C(=O)Nc3ccc(F)cc3)s2)o1. The lowest BCUT2D eigenvalue weighted by molar-refractivity contribution is -0.118. The summed E-state index contributed by atoms with van der Waals surface area (Å²) in [7, 11) is 0. The molecule has 140 valence electrons. The van der Waals surface area contributed by atoms with Gasteiger partial charge in [-0.15, -0.1) is 10.2 Å². The molecule has 2 aromatic heterocycles. The number of benzene rings is 1. The molecule has 10 heteroatoms. The molecule has 3 rings (SSSR count). The van der Waals surface area contributed by atoms with E-state index in [0.717, 1.165) is 17.1 Å². The number of aromatic nitrogens is 2. The first-order chi connectivity index (χ1) is 13.0. The van der Waals surface area contributed by atoms with Gasteiger partial charge in [-0.05, 0) is 43.3 Å². The summed E-state index contributed by atoms with van der Waals surface area (Å²) in [6.07, 6.45) is 0. The molecule has 27 heavy (non-hydrogen) atoms. The number of hydrogen-bond donors (Lipinski definition) is 2. The number of nitrogens with zero attached hydrogens (tertiary/aromatic N) is 2. The summed E-state index contributed by atoms with van der Waals surface area (Å²) in [6.45, 7) is 2.15. The largest absolute Gasteiger partial charge is 0.465 e. The summed E-state index contributed by atoms with van der Waals surface area (Å²) < 4.78 is 18.8. The highest BCUT2D eigenvalue weighted by atomic mass is 32.2. The van der Waals surface area contributed by atoms with Crippen molar-refractivity contribution in [1.82, 2.24) is 15.5 Å². The molecule has 0 aliphatic heterocycles. The Morgan fingerprint density at radius 3 is 2.67 bits per heavy atom. The number of rotatable bonds is 7. The second-order valence-electron chi connectivity index (χ2n) is 5.41. The number of carbonyl (C=O) groups is 2. The number of carbonyl (C=O) groups excluding carboxylic acids is 2. The normalized spacial score (nSPS) is 10.6. The first-order valence-electron chi connectivity index (χ1n) is 7.85. The Hall–Kier alpha value is -2.72. The van der Waals surface area contributed by atoms with Crippen molar-refractivity contribution in [2.75, 3.05) is 11.1 Å². The van der Waals surface area contributed by atoms with Gasteiger partial charge in [-0.1, -0.05) is 23.1 Å². The first-order valence-corrected chi connectivity index (χ1v) is 9.65. The fraction of sp³-hybridized carbons (Fsp3) is 0.176. The van der Waals surface area contributed by atoms with Crippen LogP contribution in [-0.2, 0) is 11.3 Å².